The molecule has 4 rings (SSSR count). The van der Waals surface area contributed by atoms with Gasteiger partial charge in [0, 0.05) is 19.1 Å². The van der Waals surface area contributed by atoms with Crippen molar-refractivity contribution in [1.29, 1.82) is 0 Å². The van der Waals surface area contributed by atoms with Crippen molar-refractivity contribution < 1.29 is 14.0 Å². The molecule has 2 aromatic heterocycles. The van der Waals surface area contributed by atoms with Crippen LogP contribution in [0.2, 0.25) is 0 Å². The van der Waals surface area contributed by atoms with Gasteiger partial charge in [-0.3, -0.25) is 19.0 Å². The van der Waals surface area contributed by atoms with Crippen molar-refractivity contribution >= 4 is 44.3 Å². The van der Waals surface area contributed by atoms with Crippen molar-refractivity contribution in [2.75, 3.05) is 23.3 Å². The molecular weight excluding hydrogens is 459 g/mol. The number of thiazole rings is 1. The number of rotatable bonds is 6. The summed E-state index contributed by atoms with van der Waals surface area (Å²) in [6.45, 7) is 6.58. The number of nitrogens with one attached hydrogen (secondary N) is 2. The number of carbonyl (C=O) groups excluding carboxylic acids is 2. The lowest BCUT2D eigenvalue weighted by molar-refractivity contribution is -0.125. The van der Waals surface area contributed by atoms with E-state index in [1.54, 1.807) is 13.0 Å². The molecule has 9 nitrogen and oxygen atoms in total. The van der Waals surface area contributed by atoms with E-state index >= 15 is 0 Å². The van der Waals surface area contributed by atoms with Gasteiger partial charge in [-0.25, -0.2) is 9.37 Å². The van der Waals surface area contributed by atoms with Gasteiger partial charge in [-0.1, -0.05) is 17.4 Å². The van der Waals surface area contributed by atoms with Gasteiger partial charge in [-0.05, 0) is 51.3 Å². The third kappa shape index (κ3) is 5.24. The summed E-state index contributed by atoms with van der Waals surface area (Å²) in [6.07, 6.45) is 2.93. The van der Waals surface area contributed by atoms with Gasteiger partial charge in [-0.2, -0.15) is 4.98 Å². The summed E-state index contributed by atoms with van der Waals surface area (Å²) < 4.78 is 15.5. The van der Waals surface area contributed by atoms with E-state index in [1.165, 1.54) is 34.4 Å². The second-order valence-electron chi connectivity index (χ2n) is 8.81. The van der Waals surface area contributed by atoms with E-state index in [0.717, 1.165) is 24.9 Å². The lowest BCUT2D eigenvalue weighted by Gasteiger charge is -2.32. The molecule has 1 aromatic carbocycles. The number of piperidine rings is 1. The number of benzene rings is 1. The topological polar surface area (TPSA) is 109 Å². The van der Waals surface area contributed by atoms with E-state index in [4.69, 9.17) is 0 Å². The number of nitrogens with zero attached hydrogens (tertiary/aromatic N) is 4. The smallest absolute Gasteiger partial charge is 0.273 e. The second kappa shape index (κ2) is 9.88. The highest BCUT2D eigenvalue weighted by Crippen LogP contribution is 2.29. The number of aryl methyl sites for hydroxylation is 1. The Morgan fingerprint density at radius 2 is 2.12 bits per heavy atom. The first-order valence-electron chi connectivity index (χ1n) is 11.2. The first kappa shape index (κ1) is 23.8. The van der Waals surface area contributed by atoms with Crippen LogP contribution in [0.3, 0.4) is 0 Å². The normalized spacial score (nSPS) is 16.1. The molecule has 0 unspecified atom stereocenters. The van der Waals surface area contributed by atoms with E-state index in [9.17, 15) is 18.8 Å². The second-order valence-corrected chi connectivity index (χ2v) is 9.78. The number of aromatic nitrogens is 3. The fourth-order valence-electron chi connectivity index (χ4n) is 3.92. The van der Waals surface area contributed by atoms with Crippen LogP contribution in [0.1, 0.15) is 32.3 Å². The SMILES string of the molecule is Cc1ccc(NC(=O)Cn2cnc3nc(N4CCC[C@H](C(=O)NC(C)C)C4)sc3c2=O)c(F)c1. The van der Waals surface area contributed by atoms with Crippen LogP contribution in [-0.4, -0.2) is 45.5 Å². The Kier molecular flexibility index (Phi) is 6.92. The van der Waals surface area contributed by atoms with Gasteiger partial charge in [0.15, 0.2) is 10.8 Å². The zero-order valence-electron chi connectivity index (χ0n) is 19.3. The molecule has 1 fully saturated rings. The van der Waals surface area contributed by atoms with Crippen LogP contribution in [0.25, 0.3) is 10.3 Å². The Balaban J connectivity index is 1.49. The molecule has 1 aliphatic heterocycles. The Hall–Kier alpha value is -3.34. The number of fused-ring (bicyclic) bond motifs is 1. The highest BCUT2D eigenvalue weighted by molar-refractivity contribution is 7.22. The van der Waals surface area contributed by atoms with Gasteiger partial charge >= 0.3 is 0 Å². The minimum atomic E-state index is -0.539. The van der Waals surface area contributed by atoms with Crippen LogP contribution in [0, 0.1) is 18.7 Å². The molecule has 1 saturated heterocycles. The molecule has 1 atom stereocenters. The molecule has 0 spiro atoms. The number of hydrogen-bond acceptors (Lipinski definition) is 7. The van der Waals surface area contributed by atoms with Gasteiger partial charge in [-0.15, -0.1) is 0 Å². The average Bonchev–Trinajstić information content (AvgIpc) is 3.23. The summed E-state index contributed by atoms with van der Waals surface area (Å²) in [4.78, 5) is 48.6. The molecule has 0 aliphatic carbocycles. The van der Waals surface area contributed by atoms with Gasteiger partial charge < -0.3 is 15.5 Å². The fourth-order valence-corrected chi connectivity index (χ4v) is 4.92. The minimum absolute atomic E-state index is 0.0253. The zero-order chi connectivity index (χ0) is 24.4. The van der Waals surface area contributed by atoms with E-state index in [2.05, 4.69) is 20.6 Å². The van der Waals surface area contributed by atoms with E-state index in [0.29, 0.717) is 22.0 Å². The van der Waals surface area contributed by atoms with E-state index in [1.807, 2.05) is 18.7 Å². The fraction of sp³-hybridized carbons (Fsp3) is 0.435. The number of amides is 2. The lowest BCUT2D eigenvalue weighted by Crippen LogP contribution is -2.44. The quantitative estimate of drug-likeness (QED) is 0.555. The largest absolute Gasteiger partial charge is 0.354 e. The molecule has 3 aromatic rings. The zero-order valence-corrected chi connectivity index (χ0v) is 20.1. The highest BCUT2D eigenvalue weighted by Gasteiger charge is 2.28. The molecule has 0 saturated carbocycles. The van der Waals surface area contributed by atoms with Crippen LogP contribution in [0.5, 0.6) is 0 Å². The Morgan fingerprint density at radius 1 is 1.32 bits per heavy atom. The van der Waals surface area contributed by atoms with Crippen LogP contribution in [0.4, 0.5) is 15.2 Å². The van der Waals surface area contributed by atoms with Crippen LogP contribution < -0.4 is 21.1 Å². The van der Waals surface area contributed by atoms with Crippen LogP contribution in [0.15, 0.2) is 29.3 Å². The van der Waals surface area contributed by atoms with Crippen molar-refractivity contribution in [1.82, 2.24) is 19.9 Å². The van der Waals surface area contributed by atoms with Gasteiger partial charge in [0.25, 0.3) is 5.56 Å². The number of anilines is 2. The number of hydrogen-bond donors (Lipinski definition) is 2. The van der Waals surface area contributed by atoms with Gasteiger partial charge in [0.2, 0.25) is 11.8 Å². The summed E-state index contributed by atoms with van der Waals surface area (Å²) >= 11 is 1.20. The molecule has 11 heteroatoms. The summed E-state index contributed by atoms with van der Waals surface area (Å²) in [5, 5.41) is 6.08. The summed E-state index contributed by atoms with van der Waals surface area (Å²) in [7, 11) is 0. The van der Waals surface area contributed by atoms with Crippen molar-refractivity contribution in [3.05, 3.63) is 46.3 Å². The first-order valence-corrected chi connectivity index (χ1v) is 12.0. The Bertz CT molecular complexity index is 1290. The summed E-state index contributed by atoms with van der Waals surface area (Å²) in [5.41, 5.74) is 0.709. The molecule has 2 N–H and O–H groups in total. The predicted molar refractivity (Wildman–Crippen MR) is 130 cm³/mol. The van der Waals surface area contributed by atoms with Crippen molar-refractivity contribution in [2.45, 2.75) is 46.2 Å². The third-order valence-corrected chi connectivity index (χ3v) is 6.67. The monoisotopic (exact) mass is 486 g/mol. The lowest BCUT2D eigenvalue weighted by atomic mass is 9.97. The highest BCUT2D eigenvalue weighted by atomic mass is 32.1. The summed E-state index contributed by atoms with van der Waals surface area (Å²) in [5.74, 6) is -1.19. The number of halogens is 1. The van der Waals surface area contributed by atoms with Crippen molar-refractivity contribution in [3.63, 3.8) is 0 Å². The molecule has 2 amide bonds. The maximum absolute atomic E-state index is 14.0. The standard InChI is InChI=1S/C23H27FN6O3S/c1-13(2)26-21(32)15-5-4-8-29(10-15)23-28-20-19(34-23)22(33)30(12-25-20)11-18(31)27-17-7-6-14(3)9-16(17)24/h6-7,9,12-13,15H,4-5,8,10-11H2,1-3H3,(H,26,32)(H,27,31)/t15-/m0/s1. The molecule has 34 heavy (non-hydrogen) atoms. The summed E-state index contributed by atoms with van der Waals surface area (Å²) in [6, 6.07) is 4.57. The minimum Gasteiger partial charge on any atom is -0.354 e. The molecule has 180 valence electrons. The molecule has 0 radical (unpaired) electrons. The number of carbonyl (C=O) groups is 2. The van der Waals surface area contributed by atoms with E-state index in [-0.39, 0.29) is 35.7 Å². The Labute approximate surface area is 200 Å². The maximum atomic E-state index is 14.0. The molecule has 1 aliphatic rings. The third-order valence-electron chi connectivity index (χ3n) is 5.58. The molecule has 0 bridgehead atoms. The van der Waals surface area contributed by atoms with Crippen LogP contribution >= 0.6 is 11.3 Å². The van der Waals surface area contributed by atoms with E-state index < -0.39 is 11.7 Å². The molecule has 3 heterocycles. The van der Waals surface area contributed by atoms with Gasteiger partial charge in [0.05, 0.1) is 11.6 Å². The maximum Gasteiger partial charge on any atom is 0.273 e. The van der Waals surface area contributed by atoms with Crippen molar-refractivity contribution in [3.8, 4) is 0 Å². The predicted octanol–water partition coefficient (Wildman–Crippen LogP) is 2.68. The first-order chi connectivity index (χ1) is 16.2. The van der Waals surface area contributed by atoms with Gasteiger partial charge in [0.1, 0.15) is 23.4 Å². The average molecular weight is 487 g/mol. The Morgan fingerprint density at radius 3 is 2.85 bits per heavy atom. The molecular formula is C23H27FN6O3S. The van der Waals surface area contributed by atoms with Crippen molar-refractivity contribution in [2.24, 2.45) is 5.92 Å². The van der Waals surface area contributed by atoms with Crippen LogP contribution in [-0.2, 0) is 16.1 Å².